The van der Waals surface area contributed by atoms with Gasteiger partial charge in [-0.3, -0.25) is 16.0 Å². The number of hydrogen-bond donors (Lipinski definition) is 2. The van der Waals surface area contributed by atoms with Crippen LogP contribution in [-0.4, -0.2) is 30.7 Å². The first-order valence-corrected chi connectivity index (χ1v) is 8.10. The molecule has 1 heterocycles. The second-order valence-electron chi connectivity index (χ2n) is 4.98. The van der Waals surface area contributed by atoms with Gasteiger partial charge in [-0.2, -0.15) is 4.31 Å². The van der Waals surface area contributed by atoms with Crippen molar-refractivity contribution in [3.05, 3.63) is 28.3 Å². The van der Waals surface area contributed by atoms with Gasteiger partial charge >= 0.3 is 5.69 Å². The summed E-state index contributed by atoms with van der Waals surface area (Å²) in [6.45, 7) is 2.79. The molecule has 1 saturated heterocycles. The number of hydrogen-bond acceptors (Lipinski definition) is 6. The summed E-state index contributed by atoms with van der Waals surface area (Å²) in [5.41, 5.74) is 1.64. The number of nitrogens with two attached hydrogens (primary N) is 1. The smallest absolute Gasteiger partial charge is 0.313 e. The molecule has 0 amide bonds. The lowest BCUT2D eigenvalue weighted by Crippen LogP contribution is -2.29. The lowest BCUT2D eigenvalue weighted by atomic mass is 10.1. The van der Waals surface area contributed by atoms with Gasteiger partial charge in [0.1, 0.15) is 5.69 Å². The zero-order chi connectivity index (χ0) is 15.6. The number of nitrogens with one attached hydrogen (secondary N) is 1. The van der Waals surface area contributed by atoms with Gasteiger partial charge in [-0.15, -0.1) is 0 Å². The predicted molar refractivity (Wildman–Crippen MR) is 78.1 cm³/mol. The Morgan fingerprint density at radius 2 is 2.24 bits per heavy atom. The SMILES string of the molecule is CCC1CCN(S(=O)(=O)c2cccc(NN)c2[N+](=O)[O-])C1. The van der Waals surface area contributed by atoms with Crippen molar-refractivity contribution in [2.24, 2.45) is 11.8 Å². The first-order valence-electron chi connectivity index (χ1n) is 6.66. The zero-order valence-corrected chi connectivity index (χ0v) is 12.5. The molecule has 9 heteroatoms. The summed E-state index contributed by atoms with van der Waals surface area (Å²) in [7, 11) is -3.89. The standard InChI is InChI=1S/C12H18N4O4S/c1-2-9-6-7-15(8-9)21(19,20)11-5-3-4-10(14-13)12(11)16(17)18/h3-5,9,14H,2,6-8,13H2,1H3. The molecule has 116 valence electrons. The minimum absolute atomic E-state index is 0.0210. The predicted octanol–water partition coefficient (Wildman–Crippen LogP) is 1.30. The van der Waals surface area contributed by atoms with E-state index in [4.69, 9.17) is 5.84 Å². The number of anilines is 1. The molecule has 1 fully saturated rings. The number of sulfonamides is 1. The average Bonchev–Trinajstić information content (AvgIpc) is 2.95. The maximum absolute atomic E-state index is 12.6. The number of nitrogen functional groups attached to an aromatic ring is 1. The molecular formula is C12H18N4O4S. The van der Waals surface area contributed by atoms with Gasteiger partial charge in [0, 0.05) is 13.1 Å². The molecule has 0 saturated carbocycles. The van der Waals surface area contributed by atoms with E-state index >= 15 is 0 Å². The molecule has 1 aromatic rings. The second kappa shape index (κ2) is 5.96. The van der Waals surface area contributed by atoms with Gasteiger partial charge in [-0.05, 0) is 24.5 Å². The molecular weight excluding hydrogens is 296 g/mol. The van der Waals surface area contributed by atoms with Gasteiger partial charge in [0.05, 0.1) is 4.92 Å². The van der Waals surface area contributed by atoms with Crippen LogP contribution in [-0.2, 0) is 10.0 Å². The number of nitro benzene ring substituents is 1. The van der Waals surface area contributed by atoms with E-state index in [1.54, 1.807) is 0 Å². The van der Waals surface area contributed by atoms with Gasteiger partial charge in [0.25, 0.3) is 0 Å². The van der Waals surface area contributed by atoms with Crippen LogP contribution in [0.25, 0.3) is 0 Å². The van der Waals surface area contributed by atoms with Crippen molar-refractivity contribution < 1.29 is 13.3 Å². The maximum Gasteiger partial charge on any atom is 0.313 e. The molecule has 2 rings (SSSR count). The Bertz CT molecular complexity index is 647. The Morgan fingerprint density at radius 3 is 2.76 bits per heavy atom. The number of para-hydroxylation sites is 1. The van der Waals surface area contributed by atoms with Gasteiger partial charge in [-0.1, -0.05) is 19.4 Å². The summed E-state index contributed by atoms with van der Waals surface area (Å²) in [6.07, 6.45) is 1.66. The molecule has 0 radical (unpaired) electrons. The Hall–Kier alpha value is -1.71. The van der Waals surface area contributed by atoms with Crippen molar-refractivity contribution in [1.29, 1.82) is 0 Å². The van der Waals surface area contributed by atoms with Crippen LogP contribution < -0.4 is 11.3 Å². The topological polar surface area (TPSA) is 119 Å². The first-order chi connectivity index (χ1) is 9.91. The Morgan fingerprint density at radius 1 is 1.52 bits per heavy atom. The normalized spacial score (nSPS) is 19.6. The van der Waals surface area contributed by atoms with E-state index in [-0.39, 0.29) is 10.6 Å². The van der Waals surface area contributed by atoms with E-state index in [0.29, 0.717) is 19.0 Å². The van der Waals surface area contributed by atoms with Crippen LogP contribution in [0, 0.1) is 16.0 Å². The van der Waals surface area contributed by atoms with Crippen LogP contribution in [0.5, 0.6) is 0 Å². The van der Waals surface area contributed by atoms with Crippen LogP contribution in [0.4, 0.5) is 11.4 Å². The van der Waals surface area contributed by atoms with Crippen molar-refractivity contribution in [3.63, 3.8) is 0 Å². The number of nitro groups is 1. The number of nitrogens with zero attached hydrogens (tertiary/aromatic N) is 2. The highest BCUT2D eigenvalue weighted by Gasteiger charge is 2.37. The molecule has 1 atom stereocenters. The highest BCUT2D eigenvalue weighted by molar-refractivity contribution is 7.89. The Balaban J connectivity index is 2.48. The summed E-state index contributed by atoms with van der Waals surface area (Å²) >= 11 is 0. The zero-order valence-electron chi connectivity index (χ0n) is 11.7. The second-order valence-corrected chi connectivity index (χ2v) is 6.89. The largest absolute Gasteiger partial charge is 0.318 e. The third-order valence-electron chi connectivity index (χ3n) is 3.78. The summed E-state index contributed by atoms with van der Waals surface area (Å²) in [4.78, 5) is 10.2. The maximum atomic E-state index is 12.6. The highest BCUT2D eigenvalue weighted by Crippen LogP contribution is 2.35. The third-order valence-corrected chi connectivity index (χ3v) is 5.68. The van der Waals surface area contributed by atoms with Crippen molar-refractivity contribution in [3.8, 4) is 0 Å². The average molecular weight is 314 g/mol. The Kier molecular flexibility index (Phi) is 4.45. The molecule has 1 unspecified atom stereocenters. The van der Waals surface area contributed by atoms with Gasteiger partial charge in [0.2, 0.25) is 10.0 Å². The molecule has 0 spiro atoms. The van der Waals surface area contributed by atoms with Gasteiger partial charge in [-0.25, -0.2) is 8.42 Å². The van der Waals surface area contributed by atoms with Crippen molar-refractivity contribution in [2.45, 2.75) is 24.7 Å². The summed E-state index contributed by atoms with van der Waals surface area (Å²) in [5, 5.41) is 11.2. The van der Waals surface area contributed by atoms with Gasteiger partial charge < -0.3 is 5.43 Å². The van der Waals surface area contributed by atoms with Gasteiger partial charge in [0.15, 0.2) is 4.90 Å². The van der Waals surface area contributed by atoms with Crippen LogP contribution in [0.3, 0.4) is 0 Å². The van der Waals surface area contributed by atoms with Crippen molar-refractivity contribution in [1.82, 2.24) is 4.31 Å². The summed E-state index contributed by atoms with van der Waals surface area (Å²) in [6, 6.07) is 4.05. The fourth-order valence-corrected chi connectivity index (χ4v) is 4.23. The number of hydrazine groups is 1. The monoisotopic (exact) mass is 314 g/mol. The van der Waals surface area contributed by atoms with Crippen LogP contribution in [0.15, 0.2) is 23.1 Å². The lowest BCUT2D eigenvalue weighted by Gasteiger charge is -2.17. The van der Waals surface area contributed by atoms with Crippen molar-refractivity contribution in [2.75, 3.05) is 18.5 Å². The lowest BCUT2D eigenvalue weighted by molar-refractivity contribution is -0.386. The summed E-state index contributed by atoms with van der Waals surface area (Å²) < 4.78 is 26.6. The van der Waals surface area contributed by atoms with E-state index in [0.717, 1.165) is 12.8 Å². The van der Waals surface area contributed by atoms with E-state index in [9.17, 15) is 18.5 Å². The minimum Gasteiger partial charge on any atom is -0.318 e. The molecule has 1 aromatic carbocycles. The van der Waals surface area contributed by atoms with Crippen molar-refractivity contribution >= 4 is 21.4 Å². The fourth-order valence-electron chi connectivity index (χ4n) is 2.52. The highest BCUT2D eigenvalue weighted by atomic mass is 32.2. The van der Waals surface area contributed by atoms with E-state index in [1.165, 1.54) is 22.5 Å². The molecule has 0 aliphatic carbocycles. The minimum atomic E-state index is -3.89. The number of rotatable bonds is 5. The number of benzene rings is 1. The molecule has 8 nitrogen and oxygen atoms in total. The molecule has 3 N–H and O–H groups in total. The van der Waals surface area contributed by atoms with E-state index < -0.39 is 20.6 Å². The summed E-state index contributed by atoms with van der Waals surface area (Å²) in [5.74, 6) is 5.54. The van der Waals surface area contributed by atoms with Crippen LogP contribution in [0.2, 0.25) is 0 Å². The van der Waals surface area contributed by atoms with E-state index in [2.05, 4.69) is 5.43 Å². The fraction of sp³-hybridized carbons (Fsp3) is 0.500. The molecule has 21 heavy (non-hydrogen) atoms. The van der Waals surface area contributed by atoms with Crippen LogP contribution in [0.1, 0.15) is 19.8 Å². The van der Waals surface area contributed by atoms with E-state index in [1.807, 2.05) is 6.92 Å². The van der Waals surface area contributed by atoms with Crippen LogP contribution >= 0.6 is 0 Å². The molecule has 1 aliphatic heterocycles. The molecule has 0 bridgehead atoms. The Labute approximate surface area is 123 Å². The molecule has 0 aromatic heterocycles. The first kappa shape index (κ1) is 15.7. The quantitative estimate of drug-likeness (QED) is 0.480. The molecule has 1 aliphatic rings. The third kappa shape index (κ3) is 2.85.